The van der Waals surface area contributed by atoms with Crippen LogP contribution in [0.2, 0.25) is 0 Å². The van der Waals surface area contributed by atoms with Gasteiger partial charge in [0.15, 0.2) is 0 Å². The van der Waals surface area contributed by atoms with Crippen LogP contribution in [0.25, 0.3) is 0 Å². The summed E-state index contributed by atoms with van der Waals surface area (Å²) >= 11 is 3.44. The molecule has 24 heavy (non-hydrogen) atoms. The summed E-state index contributed by atoms with van der Waals surface area (Å²) in [6.07, 6.45) is 4.15. The normalized spacial score (nSPS) is 20.7. The van der Waals surface area contributed by atoms with Crippen molar-refractivity contribution in [3.63, 3.8) is 0 Å². The van der Waals surface area contributed by atoms with Crippen LogP contribution in [0.4, 0.5) is 5.69 Å². The van der Waals surface area contributed by atoms with E-state index in [1.807, 2.05) is 24.3 Å². The Labute approximate surface area is 152 Å². The number of anilines is 1. The van der Waals surface area contributed by atoms with Crippen LogP contribution in [0.1, 0.15) is 46.0 Å². The number of hydrogen-bond donors (Lipinski definition) is 2. The summed E-state index contributed by atoms with van der Waals surface area (Å²) in [4.78, 5) is 24.6. The van der Waals surface area contributed by atoms with E-state index < -0.39 is 0 Å². The molecule has 1 aliphatic rings. The fourth-order valence-electron chi connectivity index (χ4n) is 3.04. The molecule has 1 aromatic carbocycles. The summed E-state index contributed by atoms with van der Waals surface area (Å²) in [6, 6.07) is 7.62. The largest absolute Gasteiger partial charge is 0.356 e. The molecule has 0 heterocycles. The van der Waals surface area contributed by atoms with Crippen molar-refractivity contribution < 1.29 is 9.59 Å². The van der Waals surface area contributed by atoms with Crippen molar-refractivity contribution in [1.29, 1.82) is 0 Å². The van der Waals surface area contributed by atoms with Gasteiger partial charge in [0.2, 0.25) is 11.8 Å². The molecule has 4 nitrogen and oxygen atoms in total. The number of amides is 2. The average Bonchev–Trinajstić information content (AvgIpc) is 2.56. The topological polar surface area (TPSA) is 58.2 Å². The molecule has 2 amide bonds. The lowest BCUT2D eigenvalue weighted by Gasteiger charge is -2.27. The minimum atomic E-state index is -0.00294. The molecule has 1 fully saturated rings. The van der Waals surface area contributed by atoms with Gasteiger partial charge in [0.05, 0.1) is 5.69 Å². The van der Waals surface area contributed by atoms with E-state index in [0.717, 1.165) is 48.8 Å². The Morgan fingerprint density at radius 2 is 1.67 bits per heavy atom. The van der Waals surface area contributed by atoms with Gasteiger partial charge >= 0.3 is 0 Å². The van der Waals surface area contributed by atoms with Crippen molar-refractivity contribution in [2.75, 3.05) is 11.9 Å². The Kier molecular flexibility index (Phi) is 7.28. The van der Waals surface area contributed by atoms with Gasteiger partial charge in [0, 0.05) is 22.9 Å². The average molecular weight is 395 g/mol. The molecule has 1 aliphatic carbocycles. The van der Waals surface area contributed by atoms with Crippen molar-refractivity contribution in [2.45, 2.75) is 46.0 Å². The van der Waals surface area contributed by atoms with Crippen LogP contribution in [0.5, 0.6) is 0 Å². The molecule has 1 saturated carbocycles. The molecule has 0 aliphatic heterocycles. The highest BCUT2D eigenvalue weighted by Crippen LogP contribution is 2.30. The van der Waals surface area contributed by atoms with E-state index in [2.05, 4.69) is 40.4 Å². The third kappa shape index (κ3) is 5.62. The molecule has 0 atom stereocenters. The monoisotopic (exact) mass is 394 g/mol. The first-order valence-corrected chi connectivity index (χ1v) is 9.59. The zero-order valence-corrected chi connectivity index (χ0v) is 16.1. The molecule has 5 heteroatoms. The number of carbonyl (C=O) groups is 2. The number of rotatable bonds is 6. The predicted molar refractivity (Wildman–Crippen MR) is 101 cm³/mol. The van der Waals surface area contributed by atoms with Crippen LogP contribution in [-0.2, 0) is 9.59 Å². The summed E-state index contributed by atoms with van der Waals surface area (Å²) in [5.74, 6) is 0.865. The van der Waals surface area contributed by atoms with Gasteiger partial charge in [-0.1, -0.05) is 26.0 Å². The van der Waals surface area contributed by atoms with Crippen molar-refractivity contribution in [3.8, 4) is 0 Å². The van der Waals surface area contributed by atoms with Crippen LogP contribution >= 0.6 is 15.9 Å². The van der Waals surface area contributed by atoms with Crippen LogP contribution in [0, 0.1) is 17.8 Å². The van der Waals surface area contributed by atoms with Crippen molar-refractivity contribution in [3.05, 3.63) is 28.7 Å². The summed E-state index contributed by atoms with van der Waals surface area (Å²) < 4.78 is 0.886. The molecular formula is C19H27BrN2O2. The fourth-order valence-corrected chi connectivity index (χ4v) is 3.43. The molecule has 1 aromatic rings. The number of hydrogen-bond acceptors (Lipinski definition) is 2. The van der Waals surface area contributed by atoms with E-state index in [4.69, 9.17) is 0 Å². The highest BCUT2D eigenvalue weighted by atomic mass is 79.9. The lowest BCUT2D eigenvalue weighted by Crippen LogP contribution is -2.36. The smallest absolute Gasteiger partial charge is 0.227 e. The second-order valence-corrected chi connectivity index (χ2v) is 7.85. The first-order valence-electron chi connectivity index (χ1n) is 8.80. The number of para-hydroxylation sites is 1. The number of nitrogens with one attached hydrogen (secondary N) is 2. The zero-order chi connectivity index (χ0) is 17.5. The van der Waals surface area contributed by atoms with Crippen molar-refractivity contribution in [2.24, 2.45) is 17.8 Å². The standard InChI is InChI=1S/C19H27BrN2O2/c1-13(2)11-12-21-18(23)14-7-9-15(10-8-14)19(24)22-17-6-4-3-5-16(17)20/h3-6,13-15H,7-12H2,1-2H3,(H,21,23)(H,22,24). The van der Waals surface area contributed by atoms with Crippen LogP contribution in [0.3, 0.4) is 0 Å². The van der Waals surface area contributed by atoms with Gasteiger partial charge in [0.1, 0.15) is 0 Å². The molecule has 0 bridgehead atoms. The third-order valence-electron chi connectivity index (χ3n) is 4.62. The van der Waals surface area contributed by atoms with Gasteiger partial charge < -0.3 is 10.6 Å². The summed E-state index contributed by atoms with van der Waals surface area (Å²) in [5.41, 5.74) is 0.802. The lowest BCUT2D eigenvalue weighted by molar-refractivity contribution is -0.128. The van der Waals surface area contributed by atoms with Gasteiger partial charge in [-0.25, -0.2) is 0 Å². The van der Waals surface area contributed by atoms with Gasteiger partial charge in [-0.05, 0) is 66.1 Å². The summed E-state index contributed by atoms with van der Waals surface area (Å²) in [6.45, 7) is 5.06. The second kappa shape index (κ2) is 9.21. The molecule has 2 rings (SSSR count). The Morgan fingerprint density at radius 1 is 1.08 bits per heavy atom. The van der Waals surface area contributed by atoms with E-state index >= 15 is 0 Å². The first kappa shape index (κ1) is 19.0. The Bertz CT molecular complexity index is 566. The Morgan fingerprint density at radius 3 is 2.25 bits per heavy atom. The maximum absolute atomic E-state index is 12.4. The molecule has 0 aromatic heterocycles. The molecular weight excluding hydrogens is 368 g/mol. The van der Waals surface area contributed by atoms with E-state index in [-0.39, 0.29) is 23.7 Å². The maximum Gasteiger partial charge on any atom is 0.227 e. The molecule has 0 saturated heterocycles. The van der Waals surface area contributed by atoms with E-state index in [0.29, 0.717) is 5.92 Å². The Balaban J connectivity index is 1.76. The SMILES string of the molecule is CC(C)CCNC(=O)C1CCC(C(=O)Nc2ccccc2Br)CC1. The van der Waals surface area contributed by atoms with Gasteiger partial charge in [-0.15, -0.1) is 0 Å². The highest BCUT2D eigenvalue weighted by Gasteiger charge is 2.29. The molecule has 0 unspecified atom stereocenters. The second-order valence-electron chi connectivity index (χ2n) is 6.99. The molecule has 0 spiro atoms. The molecule has 2 N–H and O–H groups in total. The van der Waals surface area contributed by atoms with Crippen LogP contribution in [0.15, 0.2) is 28.7 Å². The quantitative estimate of drug-likeness (QED) is 0.752. The van der Waals surface area contributed by atoms with Crippen molar-refractivity contribution >= 4 is 33.4 Å². The van der Waals surface area contributed by atoms with E-state index in [1.165, 1.54) is 0 Å². The van der Waals surface area contributed by atoms with Gasteiger partial charge in [0.25, 0.3) is 0 Å². The van der Waals surface area contributed by atoms with Crippen LogP contribution in [-0.4, -0.2) is 18.4 Å². The van der Waals surface area contributed by atoms with E-state index in [1.54, 1.807) is 0 Å². The van der Waals surface area contributed by atoms with Crippen LogP contribution < -0.4 is 10.6 Å². The van der Waals surface area contributed by atoms with Crippen molar-refractivity contribution in [1.82, 2.24) is 5.32 Å². The zero-order valence-electron chi connectivity index (χ0n) is 14.5. The minimum Gasteiger partial charge on any atom is -0.356 e. The summed E-state index contributed by atoms with van der Waals surface area (Å²) in [7, 11) is 0. The van der Waals surface area contributed by atoms with E-state index in [9.17, 15) is 9.59 Å². The first-order chi connectivity index (χ1) is 11.5. The third-order valence-corrected chi connectivity index (χ3v) is 5.31. The lowest BCUT2D eigenvalue weighted by atomic mass is 9.81. The van der Waals surface area contributed by atoms with Gasteiger partial charge in [-0.3, -0.25) is 9.59 Å². The highest BCUT2D eigenvalue weighted by molar-refractivity contribution is 9.10. The Hall–Kier alpha value is -1.36. The molecule has 0 radical (unpaired) electrons. The summed E-state index contributed by atoms with van der Waals surface area (Å²) in [5, 5.41) is 6.01. The predicted octanol–water partition coefficient (Wildman–Crippen LogP) is 4.36. The van der Waals surface area contributed by atoms with Gasteiger partial charge in [-0.2, -0.15) is 0 Å². The minimum absolute atomic E-state index is 0.00294. The molecule has 132 valence electrons. The fraction of sp³-hybridized carbons (Fsp3) is 0.579. The number of carbonyl (C=O) groups excluding carboxylic acids is 2. The number of halogens is 1. The number of benzene rings is 1. The maximum atomic E-state index is 12.4.